The second-order valence-electron chi connectivity index (χ2n) is 3.42. The summed E-state index contributed by atoms with van der Waals surface area (Å²) in [7, 11) is 0. The van der Waals surface area contributed by atoms with Gasteiger partial charge in [0.05, 0.1) is 5.92 Å². The fourth-order valence-electron chi connectivity index (χ4n) is 1.34. The van der Waals surface area contributed by atoms with Gasteiger partial charge in [-0.2, -0.15) is 0 Å². The summed E-state index contributed by atoms with van der Waals surface area (Å²) in [6.45, 7) is 4.13. The molecule has 0 aromatic carbocycles. The van der Waals surface area contributed by atoms with Gasteiger partial charge in [0.1, 0.15) is 0 Å². The molecule has 3 heteroatoms. The number of carbonyl (C=O) groups is 1. The molecule has 0 amide bonds. The van der Waals surface area contributed by atoms with E-state index in [0.717, 1.165) is 23.5 Å². The van der Waals surface area contributed by atoms with Crippen molar-refractivity contribution in [1.82, 2.24) is 0 Å². The van der Waals surface area contributed by atoms with E-state index in [2.05, 4.69) is 13.8 Å². The standard InChI is InChI=1S/C9H14OS2/c1-6(2)8(11)7-4-3-5-12-9(7)10/h6-7H,3-5H2,1-2H3. The normalized spacial score (nSPS) is 24.6. The average molecular weight is 202 g/mol. The van der Waals surface area contributed by atoms with Crippen LogP contribution in [0.3, 0.4) is 0 Å². The summed E-state index contributed by atoms with van der Waals surface area (Å²) in [6, 6.07) is 0. The Morgan fingerprint density at radius 2 is 2.33 bits per heavy atom. The molecule has 0 spiro atoms. The molecule has 1 fully saturated rings. The van der Waals surface area contributed by atoms with Crippen molar-refractivity contribution < 1.29 is 4.79 Å². The van der Waals surface area contributed by atoms with Crippen LogP contribution in [0.1, 0.15) is 26.7 Å². The Hall–Kier alpha value is 0.110. The van der Waals surface area contributed by atoms with E-state index in [-0.39, 0.29) is 5.92 Å². The van der Waals surface area contributed by atoms with Crippen molar-refractivity contribution in [2.45, 2.75) is 26.7 Å². The molecule has 0 saturated carbocycles. The maximum absolute atomic E-state index is 11.4. The molecular formula is C9H14OS2. The van der Waals surface area contributed by atoms with Crippen LogP contribution in [0.5, 0.6) is 0 Å². The molecule has 0 aromatic rings. The monoisotopic (exact) mass is 202 g/mol. The van der Waals surface area contributed by atoms with Gasteiger partial charge >= 0.3 is 0 Å². The summed E-state index contributed by atoms with van der Waals surface area (Å²) in [5.74, 6) is 1.42. The third kappa shape index (κ3) is 2.30. The highest BCUT2D eigenvalue weighted by Crippen LogP contribution is 2.27. The molecule has 0 aromatic heterocycles. The first-order chi connectivity index (χ1) is 5.63. The molecule has 1 heterocycles. The van der Waals surface area contributed by atoms with E-state index in [0.29, 0.717) is 11.0 Å². The van der Waals surface area contributed by atoms with Crippen LogP contribution < -0.4 is 0 Å². The van der Waals surface area contributed by atoms with Crippen molar-refractivity contribution in [3.05, 3.63) is 0 Å². The van der Waals surface area contributed by atoms with Gasteiger partial charge in [0.2, 0.25) is 0 Å². The van der Waals surface area contributed by atoms with Crippen molar-refractivity contribution in [2.24, 2.45) is 11.8 Å². The Balaban J connectivity index is 2.60. The first-order valence-corrected chi connectivity index (χ1v) is 5.72. The summed E-state index contributed by atoms with van der Waals surface area (Å²) < 4.78 is 0. The van der Waals surface area contributed by atoms with Crippen LogP contribution in [0.15, 0.2) is 0 Å². The lowest BCUT2D eigenvalue weighted by molar-refractivity contribution is -0.113. The largest absolute Gasteiger partial charge is 0.287 e. The van der Waals surface area contributed by atoms with Gasteiger partial charge in [-0.05, 0) is 18.8 Å². The van der Waals surface area contributed by atoms with Crippen LogP contribution in [0.4, 0.5) is 0 Å². The molecule has 68 valence electrons. The smallest absolute Gasteiger partial charge is 0.196 e. The molecule has 1 rings (SSSR count). The molecule has 1 nitrogen and oxygen atoms in total. The second-order valence-corrected chi connectivity index (χ2v) is 4.99. The van der Waals surface area contributed by atoms with Crippen LogP contribution in [0, 0.1) is 11.8 Å². The predicted octanol–water partition coefficient (Wildman–Crippen LogP) is 2.68. The van der Waals surface area contributed by atoms with E-state index in [4.69, 9.17) is 12.2 Å². The molecule has 1 saturated heterocycles. The molecular weight excluding hydrogens is 188 g/mol. The van der Waals surface area contributed by atoms with Gasteiger partial charge < -0.3 is 0 Å². The van der Waals surface area contributed by atoms with Gasteiger partial charge in [-0.3, -0.25) is 4.79 Å². The Bertz CT molecular complexity index is 199. The van der Waals surface area contributed by atoms with E-state index in [1.165, 1.54) is 11.8 Å². The quantitative estimate of drug-likeness (QED) is 0.641. The van der Waals surface area contributed by atoms with Gasteiger partial charge in [-0.25, -0.2) is 0 Å². The molecule has 1 unspecified atom stereocenters. The highest BCUT2D eigenvalue weighted by Gasteiger charge is 2.27. The van der Waals surface area contributed by atoms with Crippen LogP contribution in [-0.2, 0) is 4.79 Å². The number of hydrogen-bond donors (Lipinski definition) is 0. The molecule has 1 aliphatic rings. The van der Waals surface area contributed by atoms with Gasteiger partial charge in [0, 0.05) is 10.6 Å². The van der Waals surface area contributed by atoms with Crippen molar-refractivity contribution in [3.8, 4) is 0 Å². The maximum atomic E-state index is 11.4. The van der Waals surface area contributed by atoms with Crippen molar-refractivity contribution >= 4 is 34.0 Å². The lowest BCUT2D eigenvalue weighted by Crippen LogP contribution is -2.27. The zero-order valence-electron chi connectivity index (χ0n) is 7.50. The summed E-state index contributed by atoms with van der Waals surface area (Å²) in [5.41, 5.74) is 0. The first kappa shape index (κ1) is 10.2. The Morgan fingerprint density at radius 1 is 1.67 bits per heavy atom. The molecule has 0 aliphatic carbocycles. The van der Waals surface area contributed by atoms with Gasteiger partial charge in [0.15, 0.2) is 5.12 Å². The van der Waals surface area contributed by atoms with Crippen LogP contribution >= 0.6 is 24.0 Å². The van der Waals surface area contributed by atoms with Crippen molar-refractivity contribution in [3.63, 3.8) is 0 Å². The molecule has 12 heavy (non-hydrogen) atoms. The number of thioether (sulfide) groups is 1. The lowest BCUT2D eigenvalue weighted by atomic mass is 9.93. The molecule has 0 bridgehead atoms. The fraction of sp³-hybridized carbons (Fsp3) is 0.778. The van der Waals surface area contributed by atoms with Gasteiger partial charge in [-0.1, -0.05) is 37.8 Å². The van der Waals surface area contributed by atoms with Crippen LogP contribution in [0.2, 0.25) is 0 Å². The molecule has 1 aliphatic heterocycles. The highest BCUT2D eigenvalue weighted by atomic mass is 32.2. The van der Waals surface area contributed by atoms with E-state index in [1.807, 2.05) is 0 Å². The second kappa shape index (κ2) is 4.38. The van der Waals surface area contributed by atoms with Crippen molar-refractivity contribution in [2.75, 3.05) is 5.75 Å². The van der Waals surface area contributed by atoms with Gasteiger partial charge in [-0.15, -0.1) is 0 Å². The number of hydrogen-bond acceptors (Lipinski definition) is 3. The van der Waals surface area contributed by atoms with E-state index in [1.54, 1.807) is 0 Å². The number of carbonyl (C=O) groups excluding carboxylic acids is 1. The van der Waals surface area contributed by atoms with E-state index < -0.39 is 0 Å². The van der Waals surface area contributed by atoms with E-state index >= 15 is 0 Å². The highest BCUT2D eigenvalue weighted by molar-refractivity contribution is 8.13. The lowest BCUT2D eigenvalue weighted by Gasteiger charge is -2.22. The summed E-state index contributed by atoms with van der Waals surface area (Å²) in [6.07, 6.45) is 2.11. The third-order valence-electron chi connectivity index (χ3n) is 2.08. The fourth-order valence-corrected chi connectivity index (χ4v) is 2.60. The zero-order chi connectivity index (χ0) is 9.14. The predicted molar refractivity (Wildman–Crippen MR) is 57.6 cm³/mol. The summed E-state index contributed by atoms with van der Waals surface area (Å²) in [4.78, 5) is 12.4. The third-order valence-corrected chi connectivity index (χ3v) is 3.90. The SMILES string of the molecule is CC(C)C(=S)C1CCCSC1=O. The minimum absolute atomic E-state index is 0.0683. The molecule has 0 radical (unpaired) electrons. The Morgan fingerprint density at radius 3 is 2.83 bits per heavy atom. The Labute approximate surface area is 83.3 Å². The Kier molecular flexibility index (Phi) is 3.72. The van der Waals surface area contributed by atoms with Crippen molar-refractivity contribution in [1.29, 1.82) is 0 Å². The minimum Gasteiger partial charge on any atom is -0.287 e. The number of rotatable bonds is 2. The summed E-state index contributed by atoms with van der Waals surface area (Å²) in [5, 5.41) is 0.292. The van der Waals surface area contributed by atoms with Gasteiger partial charge in [0.25, 0.3) is 0 Å². The number of thiocarbonyl (C=S) groups is 1. The average Bonchev–Trinajstić information content (AvgIpc) is 2.04. The maximum Gasteiger partial charge on any atom is 0.196 e. The van der Waals surface area contributed by atoms with Crippen LogP contribution in [-0.4, -0.2) is 15.7 Å². The minimum atomic E-state index is 0.0683. The molecule has 1 atom stereocenters. The van der Waals surface area contributed by atoms with E-state index in [9.17, 15) is 4.79 Å². The first-order valence-electron chi connectivity index (χ1n) is 4.33. The summed E-state index contributed by atoms with van der Waals surface area (Å²) >= 11 is 6.69. The molecule has 0 N–H and O–H groups in total. The topological polar surface area (TPSA) is 17.1 Å². The zero-order valence-corrected chi connectivity index (χ0v) is 9.13. The van der Waals surface area contributed by atoms with Crippen LogP contribution in [0.25, 0.3) is 0 Å².